The predicted octanol–water partition coefficient (Wildman–Crippen LogP) is 2.09. The largest absolute Gasteiger partial charge is 0.264 e. The molecule has 0 radical (unpaired) electrons. The summed E-state index contributed by atoms with van der Waals surface area (Å²) in [5.74, 6) is 0.119. The molecule has 0 amide bonds. The van der Waals surface area contributed by atoms with Gasteiger partial charge >= 0.3 is 0 Å². The van der Waals surface area contributed by atoms with Crippen LogP contribution in [-0.2, 0) is 10.0 Å². The molecule has 0 atom stereocenters. The smallest absolute Gasteiger partial charge is 0.262 e. The van der Waals surface area contributed by atoms with E-state index in [1.807, 2.05) is 0 Å². The number of hydrogen-bond acceptors (Lipinski definition) is 5. The molecule has 6 nitrogen and oxygen atoms in total. The maximum atomic E-state index is 11.9. The summed E-state index contributed by atoms with van der Waals surface area (Å²) in [6.45, 7) is 0. The van der Waals surface area contributed by atoms with Gasteiger partial charge in [0.05, 0.1) is 12.4 Å². The molecule has 2 aromatic rings. The van der Waals surface area contributed by atoms with Crippen molar-refractivity contribution in [2.24, 2.45) is 0 Å². The minimum Gasteiger partial charge on any atom is -0.262 e. The third kappa shape index (κ3) is 3.15. The lowest BCUT2D eigenvalue weighted by atomic mass is 10.5. The van der Waals surface area contributed by atoms with Gasteiger partial charge in [-0.3, -0.25) is 4.72 Å². The van der Waals surface area contributed by atoms with Crippen LogP contribution in [0, 0.1) is 0 Å². The maximum Gasteiger partial charge on any atom is 0.264 e. The molecular weight excluding hydrogens is 344 g/mol. The predicted molar refractivity (Wildman–Crippen MR) is 69.8 cm³/mol. The van der Waals surface area contributed by atoms with Crippen LogP contribution < -0.4 is 4.72 Å². The maximum absolute atomic E-state index is 11.9. The number of nitrogens with one attached hydrogen (secondary N) is 1. The molecule has 0 saturated heterocycles. The van der Waals surface area contributed by atoms with Crippen LogP contribution in [0.1, 0.15) is 0 Å². The van der Waals surface area contributed by atoms with Gasteiger partial charge in [0.1, 0.15) is 14.7 Å². The van der Waals surface area contributed by atoms with E-state index in [-0.39, 0.29) is 15.9 Å². The molecule has 9 heteroatoms. The van der Waals surface area contributed by atoms with Crippen LogP contribution >= 0.6 is 27.5 Å². The Labute approximate surface area is 117 Å². The van der Waals surface area contributed by atoms with E-state index in [9.17, 15) is 8.42 Å². The van der Waals surface area contributed by atoms with Gasteiger partial charge in [-0.25, -0.2) is 23.4 Å². The molecule has 0 saturated carbocycles. The van der Waals surface area contributed by atoms with Crippen molar-refractivity contribution in [2.75, 3.05) is 4.72 Å². The summed E-state index contributed by atoms with van der Waals surface area (Å²) in [7, 11) is -3.73. The fraction of sp³-hybridized carbons (Fsp3) is 0. The van der Waals surface area contributed by atoms with E-state index in [1.165, 1.54) is 24.5 Å². The van der Waals surface area contributed by atoms with Crippen LogP contribution in [0.4, 0.5) is 5.82 Å². The average Bonchev–Trinajstić information content (AvgIpc) is 2.32. The second kappa shape index (κ2) is 5.17. The van der Waals surface area contributed by atoms with E-state index in [0.717, 1.165) is 6.20 Å². The van der Waals surface area contributed by atoms with Crippen LogP contribution in [0.3, 0.4) is 0 Å². The molecule has 94 valence electrons. The Balaban J connectivity index is 2.27. The number of anilines is 1. The number of nitrogens with zero attached hydrogens (tertiary/aromatic N) is 3. The molecule has 0 aliphatic rings. The first-order valence-corrected chi connectivity index (χ1v) is 7.25. The zero-order valence-electron chi connectivity index (χ0n) is 8.71. The Morgan fingerprint density at radius 3 is 2.44 bits per heavy atom. The zero-order chi connectivity index (χ0) is 13.2. The van der Waals surface area contributed by atoms with Crippen LogP contribution in [0.5, 0.6) is 0 Å². The number of hydrogen-bond donors (Lipinski definition) is 1. The summed E-state index contributed by atoms with van der Waals surface area (Å²) >= 11 is 8.69. The normalized spacial score (nSPS) is 11.2. The lowest BCUT2D eigenvalue weighted by Gasteiger charge is -2.06. The fourth-order valence-electron chi connectivity index (χ4n) is 1.08. The van der Waals surface area contributed by atoms with E-state index in [1.54, 1.807) is 0 Å². The highest BCUT2D eigenvalue weighted by atomic mass is 79.9. The first-order chi connectivity index (χ1) is 8.47. The molecule has 0 bridgehead atoms. The van der Waals surface area contributed by atoms with Crippen molar-refractivity contribution in [1.29, 1.82) is 0 Å². The second-order valence-corrected chi connectivity index (χ2v) is 6.03. The molecule has 0 aromatic carbocycles. The van der Waals surface area contributed by atoms with Gasteiger partial charge in [0, 0.05) is 6.20 Å². The SMILES string of the molecule is O=S(=O)(Nc1cnc(Br)cn1)c1ccc(Cl)nc1. The minimum atomic E-state index is -3.73. The van der Waals surface area contributed by atoms with Crippen molar-refractivity contribution in [3.05, 3.63) is 40.5 Å². The van der Waals surface area contributed by atoms with Crippen molar-refractivity contribution in [3.63, 3.8) is 0 Å². The van der Waals surface area contributed by atoms with Crippen LogP contribution in [0.2, 0.25) is 5.15 Å². The number of halogens is 2. The van der Waals surface area contributed by atoms with E-state index >= 15 is 0 Å². The van der Waals surface area contributed by atoms with Gasteiger partial charge in [-0.2, -0.15) is 0 Å². The number of aromatic nitrogens is 3. The van der Waals surface area contributed by atoms with Gasteiger partial charge in [0.15, 0.2) is 5.82 Å². The number of pyridine rings is 1. The summed E-state index contributed by atoms with van der Waals surface area (Å²) in [6, 6.07) is 2.74. The van der Waals surface area contributed by atoms with Gasteiger partial charge in [-0.05, 0) is 28.1 Å². The molecule has 0 spiro atoms. The molecular formula is C9H6BrClN4O2S. The molecule has 0 aliphatic heterocycles. The molecule has 1 N–H and O–H groups in total. The highest BCUT2D eigenvalue weighted by molar-refractivity contribution is 9.10. The topological polar surface area (TPSA) is 84.8 Å². The number of sulfonamides is 1. The zero-order valence-corrected chi connectivity index (χ0v) is 11.9. The van der Waals surface area contributed by atoms with Gasteiger partial charge in [0.25, 0.3) is 10.0 Å². The Hall–Kier alpha value is -1.25. The highest BCUT2D eigenvalue weighted by Crippen LogP contribution is 2.15. The minimum absolute atomic E-state index is 0.00313. The van der Waals surface area contributed by atoms with Crippen molar-refractivity contribution < 1.29 is 8.42 Å². The molecule has 2 rings (SSSR count). The summed E-state index contributed by atoms with van der Waals surface area (Å²) in [4.78, 5) is 11.4. The second-order valence-electron chi connectivity index (χ2n) is 3.15. The fourth-order valence-corrected chi connectivity index (χ4v) is 2.34. The van der Waals surface area contributed by atoms with Crippen molar-refractivity contribution in [1.82, 2.24) is 15.0 Å². The van der Waals surface area contributed by atoms with Gasteiger partial charge < -0.3 is 0 Å². The van der Waals surface area contributed by atoms with E-state index in [0.29, 0.717) is 4.60 Å². The Morgan fingerprint density at radius 2 is 1.89 bits per heavy atom. The lowest BCUT2D eigenvalue weighted by Crippen LogP contribution is -2.14. The summed E-state index contributed by atoms with van der Waals surface area (Å²) in [5, 5.41) is 0.220. The third-order valence-electron chi connectivity index (χ3n) is 1.87. The summed E-state index contributed by atoms with van der Waals surface area (Å²) < 4.78 is 26.6. The molecule has 0 aliphatic carbocycles. The van der Waals surface area contributed by atoms with E-state index < -0.39 is 10.0 Å². The van der Waals surface area contributed by atoms with Crippen LogP contribution in [-0.4, -0.2) is 23.4 Å². The third-order valence-corrected chi connectivity index (χ3v) is 3.84. The summed E-state index contributed by atoms with van der Waals surface area (Å²) in [5.41, 5.74) is 0. The van der Waals surface area contributed by atoms with Gasteiger partial charge in [0.2, 0.25) is 0 Å². The standard InChI is InChI=1S/C9H6BrClN4O2S/c10-7-4-14-9(5-12-7)15-18(16,17)6-1-2-8(11)13-3-6/h1-5H,(H,14,15). The monoisotopic (exact) mass is 348 g/mol. The molecule has 18 heavy (non-hydrogen) atoms. The first-order valence-electron chi connectivity index (χ1n) is 4.59. The Bertz CT molecular complexity index is 645. The van der Waals surface area contributed by atoms with Gasteiger partial charge in [-0.1, -0.05) is 11.6 Å². The molecule has 2 aromatic heterocycles. The van der Waals surface area contributed by atoms with Gasteiger partial charge in [-0.15, -0.1) is 0 Å². The average molecular weight is 350 g/mol. The van der Waals surface area contributed by atoms with Crippen LogP contribution in [0.15, 0.2) is 40.2 Å². The lowest BCUT2D eigenvalue weighted by molar-refractivity contribution is 0.600. The molecule has 2 heterocycles. The van der Waals surface area contributed by atoms with E-state index in [2.05, 4.69) is 35.6 Å². The van der Waals surface area contributed by atoms with Crippen molar-refractivity contribution in [3.8, 4) is 0 Å². The molecule has 0 unspecified atom stereocenters. The Morgan fingerprint density at radius 1 is 1.11 bits per heavy atom. The van der Waals surface area contributed by atoms with Crippen LogP contribution in [0.25, 0.3) is 0 Å². The van der Waals surface area contributed by atoms with Crippen molar-refractivity contribution in [2.45, 2.75) is 4.90 Å². The highest BCUT2D eigenvalue weighted by Gasteiger charge is 2.15. The molecule has 0 fully saturated rings. The quantitative estimate of drug-likeness (QED) is 0.858. The number of rotatable bonds is 3. The van der Waals surface area contributed by atoms with E-state index in [4.69, 9.17) is 11.6 Å². The first kappa shape index (κ1) is 13.2. The Kier molecular flexibility index (Phi) is 3.79. The van der Waals surface area contributed by atoms with Crippen molar-refractivity contribution >= 4 is 43.4 Å². The summed E-state index contributed by atoms with van der Waals surface area (Å²) in [6.07, 6.45) is 3.85.